The summed E-state index contributed by atoms with van der Waals surface area (Å²) >= 11 is 0. The molecule has 0 saturated heterocycles. The Hall–Kier alpha value is -2.77. The third-order valence-corrected chi connectivity index (χ3v) is 4.65. The van der Waals surface area contributed by atoms with Gasteiger partial charge < -0.3 is 15.2 Å². The van der Waals surface area contributed by atoms with E-state index in [1.54, 1.807) is 24.0 Å². The van der Waals surface area contributed by atoms with E-state index < -0.39 is 0 Å². The quantitative estimate of drug-likeness (QED) is 0.554. The molecule has 0 aliphatic carbocycles. The Morgan fingerprint density at radius 1 is 1.20 bits per heavy atom. The van der Waals surface area contributed by atoms with Crippen molar-refractivity contribution in [3.63, 3.8) is 0 Å². The number of nitrogens with zero attached hydrogens (tertiary/aromatic N) is 3. The lowest BCUT2D eigenvalue weighted by Crippen LogP contribution is -2.32. The Morgan fingerprint density at radius 2 is 1.97 bits per heavy atom. The van der Waals surface area contributed by atoms with Gasteiger partial charge >= 0.3 is 0 Å². The standard InChI is InChI=1S/C22H25FN4O2.ClH/c1-16-8-9-18(14-19(16)23)22-25-20(29-26-22)10-11-21(28)27(13-5-12-24)15-17-6-3-2-4-7-17;/h2-4,6-9,14H,5,10-13,15,24H2,1H3;1H. The van der Waals surface area contributed by atoms with E-state index in [0.717, 1.165) is 12.0 Å². The predicted octanol–water partition coefficient (Wildman–Crippen LogP) is 3.92. The molecule has 1 aromatic heterocycles. The second-order valence-electron chi connectivity index (χ2n) is 6.92. The molecule has 8 heteroatoms. The Kier molecular flexibility index (Phi) is 8.95. The lowest BCUT2D eigenvalue weighted by Gasteiger charge is -2.22. The van der Waals surface area contributed by atoms with Crippen molar-refractivity contribution >= 4 is 18.3 Å². The number of carbonyl (C=O) groups excluding carboxylic acids is 1. The first-order chi connectivity index (χ1) is 14.1. The summed E-state index contributed by atoms with van der Waals surface area (Å²) in [6, 6.07) is 14.6. The van der Waals surface area contributed by atoms with Crippen LogP contribution in [0.15, 0.2) is 53.1 Å². The highest BCUT2D eigenvalue weighted by atomic mass is 35.5. The Balaban J connectivity index is 0.00000320. The summed E-state index contributed by atoms with van der Waals surface area (Å²) < 4.78 is 19.0. The van der Waals surface area contributed by atoms with Gasteiger partial charge in [-0.05, 0) is 37.1 Å². The van der Waals surface area contributed by atoms with Gasteiger partial charge in [0.25, 0.3) is 0 Å². The number of hydrogen-bond acceptors (Lipinski definition) is 5. The number of benzene rings is 2. The van der Waals surface area contributed by atoms with Crippen LogP contribution in [0.4, 0.5) is 4.39 Å². The summed E-state index contributed by atoms with van der Waals surface area (Å²) in [7, 11) is 0. The van der Waals surface area contributed by atoms with Crippen molar-refractivity contribution in [1.29, 1.82) is 0 Å². The fraction of sp³-hybridized carbons (Fsp3) is 0.318. The Labute approximate surface area is 181 Å². The first-order valence-electron chi connectivity index (χ1n) is 9.67. The van der Waals surface area contributed by atoms with Crippen LogP contribution in [0.3, 0.4) is 0 Å². The fourth-order valence-corrected chi connectivity index (χ4v) is 2.96. The SMILES string of the molecule is Cc1ccc(-c2noc(CCC(=O)N(CCCN)Cc3ccccc3)n2)cc1F.Cl. The number of hydrogen-bond donors (Lipinski definition) is 1. The molecule has 2 N–H and O–H groups in total. The summed E-state index contributed by atoms with van der Waals surface area (Å²) in [5.74, 6) is 0.354. The van der Waals surface area contributed by atoms with E-state index in [-0.39, 0.29) is 30.6 Å². The highest BCUT2D eigenvalue weighted by Gasteiger charge is 2.16. The number of halogens is 2. The second-order valence-corrected chi connectivity index (χ2v) is 6.92. The fourth-order valence-electron chi connectivity index (χ4n) is 2.96. The molecule has 0 aliphatic heterocycles. The monoisotopic (exact) mass is 432 g/mol. The number of rotatable bonds is 9. The molecule has 0 atom stereocenters. The largest absolute Gasteiger partial charge is 0.339 e. The van der Waals surface area contributed by atoms with Crippen molar-refractivity contribution in [3.05, 3.63) is 71.4 Å². The third-order valence-electron chi connectivity index (χ3n) is 4.65. The van der Waals surface area contributed by atoms with Crippen LogP contribution in [-0.4, -0.2) is 34.0 Å². The molecule has 1 heterocycles. The van der Waals surface area contributed by atoms with Crippen LogP contribution in [0.1, 0.15) is 29.9 Å². The van der Waals surface area contributed by atoms with Gasteiger partial charge in [-0.3, -0.25) is 4.79 Å². The molecule has 0 spiro atoms. The van der Waals surface area contributed by atoms with Gasteiger partial charge in [-0.2, -0.15) is 4.98 Å². The molecule has 2 aromatic carbocycles. The van der Waals surface area contributed by atoms with Crippen molar-refractivity contribution < 1.29 is 13.7 Å². The highest BCUT2D eigenvalue weighted by Crippen LogP contribution is 2.19. The minimum atomic E-state index is -0.319. The molecular weight excluding hydrogens is 407 g/mol. The van der Waals surface area contributed by atoms with Crippen LogP contribution in [0.5, 0.6) is 0 Å². The zero-order valence-corrected chi connectivity index (χ0v) is 17.7. The summed E-state index contributed by atoms with van der Waals surface area (Å²) in [6.45, 7) is 3.36. The maximum absolute atomic E-state index is 13.7. The average molecular weight is 433 g/mol. The molecular formula is C22H26ClFN4O2. The van der Waals surface area contributed by atoms with Crippen LogP contribution in [0, 0.1) is 12.7 Å². The molecule has 6 nitrogen and oxygen atoms in total. The minimum Gasteiger partial charge on any atom is -0.339 e. The normalized spacial score (nSPS) is 10.5. The molecule has 1 amide bonds. The van der Waals surface area contributed by atoms with Gasteiger partial charge in [0.1, 0.15) is 5.82 Å². The van der Waals surface area contributed by atoms with Crippen LogP contribution in [-0.2, 0) is 17.8 Å². The van der Waals surface area contributed by atoms with Crippen molar-refractivity contribution in [2.24, 2.45) is 5.73 Å². The van der Waals surface area contributed by atoms with E-state index in [4.69, 9.17) is 10.3 Å². The van der Waals surface area contributed by atoms with E-state index in [0.29, 0.717) is 48.9 Å². The predicted molar refractivity (Wildman–Crippen MR) is 116 cm³/mol. The van der Waals surface area contributed by atoms with Crippen LogP contribution < -0.4 is 5.73 Å². The Bertz CT molecular complexity index is 949. The van der Waals surface area contributed by atoms with E-state index in [9.17, 15) is 9.18 Å². The minimum absolute atomic E-state index is 0. The van der Waals surface area contributed by atoms with Gasteiger partial charge in [0.2, 0.25) is 17.6 Å². The topological polar surface area (TPSA) is 85.2 Å². The summed E-state index contributed by atoms with van der Waals surface area (Å²) in [6.07, 6.45) is 1.32. The van der Waals surface area contributed by atoms with Crippen molar-refractivity contribution in [3.8, 4) is 11.4 Å². The summed E-state index contributed by atoms with van der Waals surface area (Å²) in [5.41, 5.74) is 7.78. The van der Waals surface area contributed by atoms with E-state index in [1.165, 1.54) is 6.07 Å². The van der Waals surface area contributed by atoms with Gasteiger partial charge in [0, 0.05) is 31.5 Å². The third kappa shape index (κ3) is 6.37. The lowest BCUT2D eigenvalue weighted by atomic mass is 10.1. The van der Waals surface area contributed by atoms with Crippen molar-refractivity contribution in [2.75, 3.05) is 13.1 Å². The molecule has 0 fully saturated rings. The zero-order valence-electron chi connectivity index (χ0n) is 16.9. The zero-order chi connectivity index (χ0) is 20.6. The van der Waals surface area contributed by atoms with Crippen LogP contribution in [0.25, 0.3) is 11.4 Å². The number of nitrogens with two attached hydrogens (primary N) is 1. The molecule has 30 heavy (non-hydrogen) atoms. The molecule has 0 bridgehead atoms. The molecule has 0 unspecified atom stereocenters. The van der Waals surface area contributed by atoms with E-state index in [1.807, 2.05) is 30.3 Å². The summed E-state index contributed by atoms with van der Waals surface area (Å²) in [5, 5.41) is 3.90. The van der Waals surface area contributed by atoms with Crippen molar-refractivity contribution in [1.82, 2.24) is 15.0 Å². The number of aromatic nitrogens is 2. The van der Waals surface area contributed by atoms with Crippen LogP contribution >= 0.6 is 12.4 Å². The molecule has 0 radical (unpaired) electrons. The lowest BCUT2D eigenvalue weighted by molar-refractivity contribution is -0.131. The first kappa shape index (κ1) is 23.5. The van der Waals surface area contributed by atoms with Crippen LogP contribution in [0.2, 0.25) is 0 Å². The molecule has 0 saturated carbocycles. The molecule has 3 aromatic rings. The van der Waals surface area contributed by atoms with Gasteiger partial charge in [-0.1, -0.05) is 47.6 Å². The number of carbonyl (C=O) groups is 1. The highest BCUT2D eigenvalue weighted by molar-refractivity contribution is 5.85. The summed E-state index contributed by atoms with van der Waals surface area (Å²) in [4.78, 5) is 18.8. The number of aryl methyl sites for hydroxylation is 2. The molecule has 3 rings (SSSR count). The average Bonchev–Trinajstić information content (AvgIpc) is 3.21. The smallest absolute Gasteiger partial charge is 0.227 e. The van der Waals surface area contributed by atoms with Gasteiger partial charge in [-0.15, -0.1) is 12.4 Å². The van der Waals surface area contributed by atoms with Gasteiger partial charge in [0.15, 0.2) is 0 Å². The second kappa shape index (κ2) is 11.4. The first-order valence-corrected chi connectivity index (χ1v) is 9.67. The van der Waals surface area contributed by atoms with Crippen molar-refractivity contribution in [2.45, 2.75) is 32.7 Å². The van der Waals surface area contributed by atoms with Gasteiger partial charge in [-0.25, -0.2) is 4.39 Å². The molecule has 0 aliphatic rings. The van der Waals surface area contributed by atoms with Gasteiger partial charge in [0.05, 0.1) is 0 Å². The maximum atomic E-state index is 13.7. The number of amides is 1. The van der Waals surface area contributed by atoms with E-state index >= 15 is 0 Å². The molecule has 160 valence electrons. The maximum Gasteiger partial charge on any atom is 0.227 e. The Morgan fingerprint density at radius 3 is 2.67 bits per heavy atom. The van der Waals surface area contributed by atoms with E-state index in [2.05, 4.69) is 10.1 Å².